The first-order valence-electron chi connectivity index (χ1n) is 11.2. The minimum atomic E-state index is -0.750. The molecule has 1 atom stereocenters. The zero-order valence-electron chi connectivity index (χ0n) is 18.5. The first-order chi connectivity index (χ1) is 15.4. The topological polar surface area (TPSA) is 87.1 Å². The third kappa shape index (κ3) is 4.22. The molecule has 1 amide bonds. The van der Waals surface area contributed by atoms with Gasteiger partial charge in [0.2, 0.25) is 0 Å². The van der Waals surface area contributed by atoms with Crippen molar-refractivity contribution in [2.75, 3.05) is 0 Å². The second-order valence-corrected chi connectivity index (χ2v) is 8.79. The van der Waals surface area contributed by atoms with Crippen molar-refractivity contribution >= 4 is 17.4 Å². The van der Waals surface area contributed by atoms with E-state index in [1.165, 1.54) is 0 Å². The maximum absolute atomic E-state index is 13.2. The van der Waals surface area contributed by atoms with Gasteiger partial charge in [0.25, 0.3) is 11.7 Å². The summed E-state index contributed by atoms with van der Waals surface area (Å²) >= 11 is 0. The Kier molecular flexibility index (Phi) is 6.21. The number of hydrogen-bond acceptors (Lipinski definition) is 5. The van der Waals surface area contributed by atoms with Crippen molar-refractivity contribution in [2.45, 2.75) is 64.1 Å². The summed E-state index contributed by atoms with van der Waals surface area (Å²) in [5.74, 6) is -0.911. The normalized spacial score (nSPS) is 21.3. The van der Waals surface area contributed by atoms with Crippen molar-refractivity contribution < 1.29 is 24.5 Å². The van der Waals surface area contributed by atoms with E-state index in [1.54, 1.807) is 53.4 Å². The Labute approximate surface area is 188 Å². The number of aromatic hydroxyl groups is 1. The number of carbonyl (C=O) groups excluding carboxylic acids is 2. The first kappa shape index (κ1) is 21.9. The predicted molar refractivity (Wildman–Crippen MR) is 121 cm³/mol. The van der Waals surface area contributed by atoms with Crippen LogP contribution in [0.3, 0.4) is 0 Å². The Morgan fingerprint density at radius 3 is 2.44 bits per heavy atom. The maximum Gasteiger partial charge on any atom is 0.295 e. The summed E-state index contributed by atoms with van der Waals surface area (Å²) in [5, 5.41) is 21.3. The minimum absolute atomic E-state index is 0.0448. The van der Waals surface area contributed by atoms with Crippen molar-refractivity contribution in [3.05, 3.63) is 65.2 Å². The predicted octanol–water partition coefficient (Wildman–Crippen LogP) is 4.93. The fourth-order valence-electron chi connectivity index (χ4n) is 4.75. The van der Waals surface area contributed by atoms with Gasteiger partial charge in [-0.1, -0.05) is 43.5 Å². The molecule has 6 nitrogen and oxygen atoms in total. The van der Waals surface area contributed by atoms with Gasteiger partial charge in [-0.3, -0.25) is 9.59 Å². The number of nitrogens with zero attached hydrogens (tertiary/aromatic N) is 1. The van der Waals surface area contributed by atoms with Gasteiger partial charge in [0.05, 0.1) is 17.7 Å². The highest BCUT2D eigenvalue weighted by atomic mass is 16.5. The van der Waals surface area contributed by atoms with E-state index in [9.17, 15) is 19.8 Å². The summed E-state index contributed by atoms with van der Waals surface area (Å²) in [7, 11) is 0. The number of Topliss-reactive ketones (excluding diaryl/α,β-unsaturated/α-hetero) is 1. The van der Waals surface area contributed by atoms with Gasteiger partial charge in [-0.25, -0.2) is 0 Å². The molecule has 2 aromatic carbocycles. The number of phenols is 1. The molecule has 1 aliphatic heterocycles. The van der Waals surface area contributed by atoms with Crippen LogP contribution in [0.15, 0.2) is 54.1 Å². The van der Waals surface area contributed by atoms with Crippen molar-refractivity contribution in [3.8, 4) is 11.5 Å². The molecule has 4 rings (SSSR count). The number of phenolic OH excluding ortho intramolecular Hbond substituents is 1. The molecule has 6 heteroatoms. The van der Waals surface area contributed by atoms with Gasteiger partial charge in [-0.15, -0.1) is 0 Å². The van der Waals surface area contributed by atoms with Crippen molar-refractivity contribution in [2.24, 2.45) is 0 Å². The van der Waals surface area contributed by atoms with Gasteiger partial charge < -0.3 is 19.8 Å². The van der Waals surface area contributed by atoms with Crippen LogP contribution in [-0.2, 0) is 9.59 Å². The third-order valence-electron chi connectivity index (χ3n) is 6.11. The molecular weight excluding hydrogens is 406 g/mol. The molecule has 168 valence electrons. The largest absolute Gasteiger partial charge is 0.508 e. The minimum Gasteiger partial charge on any atom is -0.508 e. The molecule has 2 N–H and O–H groups in total. The van der Waals surface area contributed by atoms with Gasteiger partial charge in [-0.05, 0) is 56.5 Å². The summed E-state index contributed by atoms with van der Waals surface area (Å²) in [6, 6.07) is 12.6. The van der Waals surface area contributed by atoms with Crippen LogP contribution in [0.2, 0.25) is 0 Å². The fourth-order valence-corrected chi connectivity index (χ4v) is 4.75. The Bertz CT molecular complexity index is 1050. The van der Waals surface area contributed by atoms with Crippen LogP contribution in [0, 0.1) is 0 Å². The molecule has 1 saturated carbocycles. The number of ketones is 1. The second-order valence-electron chi connectivity index (χ2n) is 8.79. The lowest BCUT2D eigenvalue weighted by atomic mass is 9.91. The van der Waals surface area contributed by atoms with E-state index < -0.39 is 17.7 Å². The number of likely N-dealkylation sites (tertiary alicyclic amines) is 1. The highest BCUT2D eigenvalue weighted by Gasteiger charge is 2.48. The van der Waals surface area contributed by atoms with E-state index in [0.29, 0.717) is 16.9 Å². The molecule has 0 aromatic heterocycles. The Morgan fingerprint density at radius 2 is 1.75 bits per heavy atom. The summed E-state index contributed by atoms with van der Waals surface area (Å²) < 4.78 is 5.73. The van der Waals surface area contributed by atoms with Gasteiger partial charge >= 0.3 is 0 Å². The first-order valence-corrected chi connectivity index (χ1v) is 11.2. The molecular formula is C26H29NO5. The lowest BCUT2D eigenvalue weighted by Crippen LogP contribution is -2.40. The number of amides is 1. The summed E-state index contributed by atoms with van der Waals surface area (Å²) in [5.41, 5.74) is 1.06. The highest BCUT2D eigenvalue weighted by Crippen LogP contribution is 2.43. The van der Waals surface area contributed by atoms with Crippen LogP contribution in [-0.4, -0.2) is 38.9 Å². The number of benzene rings is 2. The molecule has 0 spiro atoms. The smallest absolute Gasteiger partial charge is 0.295 e. The summed E-state index contributed by atoms with van der Waals surface area (Å²) in [6.45, 7) is 3.81. The lowest BCUT2D eigenvalue weighted by molar-refractivity contribution is -0.141. The quantitative estimate of drug-likeness (QED) is 0.395. The SMILES string of the molecule is CC(C)Oc1cccc(/C(O)=C2/C(=O)C(=O)N(C3CCCCC3)C2c2cccc(O)c2)c1. The second kappa shape index (κ2) is 9.07. The van der Waals surface area contributed by atoms with Crippen LogP contribution in [0.25, 0.3) is 5.76 Å². The van der Waals surface area contributed by atoms with Gasteiger partial charge in [-0.2, -0.15) is 0 Å². The van der Waals surface area contributed by atoms with Crippen LogP contribution in [0.5, 0.6) is 11.5 Å². The molecule has 2 fully saturated rings. The molecule has 0 bridgehead atoms. The third-order valence-corrected chi connectivity index (χ3v) is 6.11. The van der Waals surface area contributed by atoms with Crippen LogP contribution >= 0.6 is 0 Å². The zero-order chi connectivity index (χ0) is 22.8. The summed E-state index contributed by atoms with van der Waals surface area (Å²) in [4.78, 5) is 28.0. The van der Waals surface area contributed by atoms with Crippen LogP contribution in [0.1, 0.15) is 63.1 Å². The Balaban J connectivity index is 1.84. The molecule has 2 aromatic rings. The van der Waals surface area contributed by atoms with E-state index >= 15 is 0 Å². The van der Waals surface area contributed by atoms with E-state index in [2.05, 4.69) is 0 Å². The zero-order valence-corrected chi connectivity index (χ0v) is 18.5. The van der Waals surface area contributed by atoms with E-state index in [4.69, 9.17) is 4.74 Å². The Morgan fingerprint density at radius 1 is 1.03 bits per heavy atom. The number of ether oxygens (including phenoxy) is 1. The van der Waals surface area contributed by atoms with Crippen molar-refractivity contribution in [1.82, 2.24) is 4.90 Å². The number of hydrogen-bond donors (Lipinski definition) is 2. The monoisotopic (exact) mass is 435 g/mol. The van der Waals surface area contributed by atoms with Crippen molar-refractivity contribution in [1.29, 1.82) is 0 Å². The average molecular weight is 436 g/mol. The molecule has 0 radical (unpaired) electrons. The Hall–Kier alpha value is -3.28. The highest BCUT2D eigenvalue weighted by molar-refractivity contribution is 6.46. The molecule has 1 heterocycles. The van der Waals surface area contributed by atoms with E-state index in [0.717, 1.165) is 32.1 Å². The fraction of sp³-hybridized carbons (Fsp3) is 0.385. The maximum atomic E-state index is 13.2. The van der Waals surface area contributed by atoms with Gasteiger partial charge in [0.15, 0.2) is 0 Å². The van der Waals surface area contributed by atoms with Gasteiger partial charge in [0.1, 0.15) is 17.3 Å². The van der Waals surface area contributed by atoms with E-state index in [1.807, 2.05) is 13.8 Å². The average Bonchev–Trinajstić information content (AvgIpc) is 3.04. The molecule has 32 heavy (non-hydrogen) atoms. The summed E-state index contributed by atoms with van der Waals surface area (Å²) in [6.07, 6.45) is 4.70. The number of aliphatic hydroxyl groups is 1. The molecule has 1 saturated heterocycles. The van der Waals surface area contributed by atoms with E-state index in [-0.39, 0.29) is 29.2 Å². The number of aliphatic hydroxyl groups excluding tert-OH is 1. The number of carbonyl (C=O) groups is 2. The van der Waals surface area contributed by atoms with Crippen LogP contribution < -0.4 is 4.74 Å². The number of rotatable bonds is 5. The standard InChI is InChI=1S/C26H29NO5/c1-16(2)32-21-13-7-9-18(15-21)24(29)22-23(17-8-6-12-20(28)14-17)27(26(31)25(22)30)19-10-4-3-5-11-19/h6-9,12-16,19,23,28-29H,3-5,10-11H2,1-2H3/b24-22-. The van der Waals surface area contributed by atoms with Crippen molar-refractivity contribution in [3.63, 3.8) is 0 Å². The van der Waals surface area contributed by atoms with Gasteiger partial charge in [0, 0.05) is 11.6 Å². The molecule has 2 aliphatic rings. The molecule has 1 unspecified atom stereocenters. The molecule has 1 aliphatic carbocycles. The van der Waals surface area contributed by atoms with Crippen LogP contribution in [0.4, 0.5) is 0 Å². The lowest BCUT2D eigenvalue weighted by Gasteiger charge is -2.35.